The second kappa shape index (κ2) is 10.9. The van der Waals surface area contributed by atoms with E-state index in [9.17, 15) is 4.79 Å². The number of fused-ring (bicyclic) bond motifs is 2. The highest BCUT2D eigenvalue weighted by molar-refractivity contribution is 6.02. The van der Waals surface area contributed by atoms with E-state index in [1.165, 1.54) is 6.42 Å². The molecule has 2 aromatic heterocycles. The lowest BCUT2D eigenvalue weighted by molar-refractivity contribution is -0.142. The number of benzene rings is 3. The summed E-state index contributed by atoms with van der Waals surface area (Å²) in [6, 6.07) is 20.5. The first-order valence-corrected chi connectivity index (χ1v) is 13.7. The Bertz CT molecular complexity index is 1710. The topological polar surface area (TPSA) is 101 Å². The summed E-state index contributed by atoms with van der Waals surface area (Å²) in [7, 11) is 1.60. The average Bonchev–Trinajstić information content (AvgIpc) is 3.28. The number of nitrogens with zero attached hydrogens (tertiary/aromatic N) is 3. The van der Waals surface area contributed by atoms with Crippen molar-refractivity contribution in [2.75, 3.05) is 19.5 Å². The van der Waals surface area contributed by atoms with E-state index in [1.54, 1.807) is 20.2 Å². The molecule has 1 saturated carbocycles. The molecular formula is C32H32N4O4. The van der Waals surface area contributed by atoms with Crippen LogP contribution in [0.1, 0.15) is 43.5 Å². The van der Waals surface area contributed by atoms with E-state index < -0.39 is 0 Å². The standard InChI is InChI=1S/C32H32N4O4/c1-3-39-31(37)18-21-16-23(38-2)11-13-30(21)40-19-28-27-17-20(10-12-29(27)36(35-28)22-6-4-7-22)24-8-5-9-26-25(24)14-15-34-32(26)33/h5,8-17,22H,3-4,6-7,18-19H2,1-2H3,(H2,33,34). The number of aromatic nitrogens is 3. The second-order valence-corrected chi connectivity index (χ2v) is 10.0. The summed E-state index contributed by atoms with van der Waals surface area (Å²) in [4.78, 5) is 16.5. The number of carbonyl (C=O) groups is 1. The van der Waals surface area contributed by atoms with Crippen molar-refractivity contribution < 1.29 is 19.0 Å². The summed E-state index contributed by atoms with van der Waals surface area (Å²) in [5.74, 6) is 1.47. The van der Waals surface area contributed by atoms with Crippen molar-refractivity contribution in [1.29, 1.82) is 0 Å². The van der Waals surface area contributed by atoms with Crippen LogP contribution in [-0.4, -0.2) is 34.5 Å². The first-order valence-electron chi connectivity index (χ1n) is 13.7. The number of anilines is 1. The maximum atomic E-state index is 12.3. The second-order valence-electron chi connectivity index (χ2n) is 10.0. The molecule has 2 N–H and O–H groups in total. The lowest BCUT2D eigenvalue weighted by Gasteiger charge is -2.26. The smallest absolute Gasteiger partial charge is 0.310 e. The first-order chi connectivity index (χ1) is 19.6. The number of esters is 1. The van der Waals surface area contributed by atoms with Crippen molar-refractivity contribution in [2.45, 2.75) is 45.3 Å². The molecular weight excluding hydrogens is 504 g/mol. The Balaban J connectivity index is 1.38. The van der Waals surface area contributed by atoms with Crippen LogP contribution >= 0.6 is 0 Å². The number of pyridine rings is 1. The molecule has 8 heteroatoms. The van der Waals surface area contributed by atoms with Gasteiger partial charge < -0.3 is 19.9 Å². The fourth-order valence-corrected chi connectivity index (χ4v) is 5.35. The van der Waals surface area contributed by atoms with Crippen LogP contribution in [0.4, 0.5) is 5.82 Å². The maximum Gasteiger partial charge on any atom is 0.310 e. The fourth-order valence-electron chi connectivity index (χ4n) is 5.35. The van der Waals surface area contributed by atoms with E-state index in [1.807, 2.05) is 36.4 Å². The Morgan fingerprint density at radius 2 is 1.93 bits per heavy atom. The van der Waals surface area contributed by atoms with Crippen molar-refractivity contribution >= 4 is 33.5 Å². The largest absolute Gasteiger partial charge is 0.497 e. The van der Waals surface area contributed by atoms with Crippen LogP contribution in [0.25, 0.3) is 32.8 Å². The van der Waals surface area contributed by atoms with E-state index in [-0.39, 0.29) is 19.0 Å². The Morgan fingerprint density at radius 1 is 1.05 bits per heavy atom. The fraction of sp³-hybridized carbons (Fsp3) is 0.281. The molecule has 0 saturated heterocycles. The molecule has 1 aliphatic carbocycles. The number of methoxy groups -OCH3 is 1. The molecule has 0 amide bonds. The molecule has 0 aliphatic heterocycles. The highest BCUT2D eigenvalue weighted by Crippen LogP contribution is 2.38. The van der Waals surface area contributed by atoms with Crippen molar-refractivity contribution in [3.63, 3.8) is 0 Å². The molecule has 8 nitrogen and oxygen atoms in total. The SMILES string of the molecule is CCOC(=O)Cc1cc(OC)ccc1OCc1nn(C2CCC2)c2ccc(-c3cccc4c(N)nccc34)cc12. The quantitative estimate of drug-likeness (QED) is 0.222. The third-order valence-corrected chi connectivity index (χ3v) is 7.62. The van der Waals surface area contributed by atoms with E-state index in [0.29, 0.717) is 35.5 Å². The van der Waals surface area contributed by atoms with Gasteiger partial charge in [0.05, 0.1) is 31.7 Å². The van der Waals surface area contributed by atoms with Crippen LogP contribution in [0.15, 0.2) is 66.9 Å². The molecule has 1 aliphatic rings. The molecule has 2 heterocycles. The number of nitrogen functional groups attached to an aromatic ring is 1. The minimum Gasteiger partial charge on any atom is -0.497 e. The molecule has 1 fully saturated rings. The molecule has 6 rings (SSSR count). The summed E-state index contributed by atoms with van der Waals surface area (Å²) in [5.41, 5.74) is 11.0. The van der Waals surface area contributed by atoms with Gasteiger partial charge in [-0.3, -0.25) is 9.48 Å². The van der Waals surface area contributed by atoms with Gasteiger partial charge >= 0.3 is 5.97 Å². The predicted molar refractivity (Wildman–Crippen MR) is 155 cm³/mol. The summed E-state index contributed by atoms with van der Waals surface area (Å²) in [6.45, 7) is 2.38. The summed E-state index contributed by atoms with van der Waals surface area (Å²) >= 11 is 0. The summed E-state index contributed by atoms with van der Waals surface area (Å²) < 4.78 is 19.0. The van der Waals surface area contributed by atoms with Crippen LogP contribution in [0.5, 0.6) is 11.5 Å². The number of hydrogen-bond acceptors (Lipinski definition) is 7. The van der Waals surface area contributed by atoms with Gasteiger partial charge in [-0.1, -0.05) is 24.3 Å². The monoisotopic (exact) mass is 536 g/mol. The molecule has 204 valence electrons. The number of nitrogens with two attached hydrogens (primary N) is 1. The third-order valence-electron chi connectivity index (χ3n) is 7.62. The molecule has 5 aromatic rings. The highest BCUT2D eigenvalue weighted by atomic mass is 16.5. The zero-order valence-electron chi connectivity index (χ0n) is 22.7. The minimum absolute atomic E-state index is 0.0981. The van der Waals surface area contributed by atoms with Gasteiger partial charge in [-0.05, 0) is 79.1 Å². The molecule has 0 unspecified atom stereocenters. The number of ether oxygens (including phenoxy) is 3. The van der Waals surface area contributed by atoms with E-state index in [4.69, 9.17) is 25.0 Å². The van der Waals surface area contributed by atoms with Crippen molar-refractivity contribution in [2.24, 2.45) is 0 Å². The molecule has 0 radical (unpaired) electrons. The van der Waals surface area contributed by atoms with Crippen molar-refractivity contribution in [3.05, 3.63) is 78.1 Å². The van der Waals surface area contributed by atoms with Crippen LogP contribution in [0, 0.1) is 0 Å². The Hall–Kier alpha value is -4.59. The van der Waals surface area contributed by atoms with Gasteiger partial charge in [-0.25, -0.2) is 4.98 Å². The lowest BCUT2D eigenvalue weighted by atomic mass is 9.93. The van der Waals surface area contributed by atoms with Crippen LogP contribution < -0.4 is 15.2 Å². The Kier molecular flexibility index (Phi) is 6.99. The van der Waals surface area contributed by atoms with Gasteiger partial charge in [0.15, 0.2) is 0 Å². The number of rotatable bonds is 9. The van der Waals surface area contributed by atoms with E-state index in [2.05, 4.69) is 33.9 Å². The Labute approximate surface area is 232 Å². The zero-order chi connectivity index (χ0) is 27.6. The lowest BCUT2D eigenvalue weighted by Crippen LogP contribution is -2.18. The minimum atomic E-state index is -0.309. The van der Waals surface area contributed by atoms with Gasteiger partial charge in [-0.2, -0.15) is 5.10 Å². The van der Waals surface area contributed by atoms with Gasteiger partial charge in [0, 0.05) is 22.5 Å². The van der Waals surface area contributed by atoms with Crippen LogP contribution in [0.3, 0.4) is 0 Å². The zero-order valence-corrected chi connectivity index (χ0v) is 22.7. The van der Waals surface area contributed by atoms with Crippen molar-refractivity contribution in [3.8, 4) is 22.6 Å². The van der Waals surface area contributed by atoms with Gasteiger partial charge in [0.25, 0.3) is 0 Å². The third kappa shape index (κ3) is 4.81. The average molecular weight is 537 g/mol. The Morgan fingerprint density at radius 3 is 2.70 bits per heavy atom. The van der Waals surface area contributed by atoms with E-state index >= 15 is 0 Å². The molecule has 0 atom stereocenters. The highest BCUT2D eigenvalue weighted by Gasteiger charge is 2.24. The maximum absolute atomic E-state index is 12.3. The molecule has 40 heavy (non-hydrogen) atoms. The van der Waals surface area contributed by atoms with Gasteiger partial charge in [-0.15, -0.1) is 0 Å². The van der Waals surface area contributed by atoms with Gasteiger partial charge in [0.2, 0.25) is 0 Å². The number of carbonyl (C=O) groups excluding carboxylic acids is 1. The molecule has 3 aromatic carbocycles. The first kappa shape index (κ1) is 25.7. The van der Waals surface area contributed by atoms with Crippen molar-refractivity contribution in [1.82, 2.24) is 14.8 Å². The van der Waals surface area contributed by atoms with Crippen LogP contribution in [-0.2, 0) is 22.6 Å². The van der Waals surface area contributed by atoms with Crippen LogP contribution in [0.2, 0.25) is 0 Å². The molecule has 0 bridgehead atoms. The van der Waals surface area contributed by atoms with E-state index in [0.717, 1.165) is 51.3 Å². The normalized spacial score (nSPS) is 13.3. The summed E-state index contributed by atoms with van der Waals surface area (Å²) in [6.07, 6.45) is 5.30. The molecule has 0 spiro atoms. The summed E-state index contributed by atoms with van der Waals surface area (Å²) in [5, 5.41) is 8.07. The van der Waals surface area contributed by atoms with Gasteiger partial charge in [0.1, 0.15) is 29.6 Å². The number of hydrogen-bond donors (Lipinski definition) is 1. The predicted octanol–water partition coefficient (Wildman–Crippen LogP) is 6.25.